The van der Waals surface area contributed by atoms with Gasteiger partial charge < -0.3 is 0 Å². The smallest absolute Gasteiger partial charge is 0.253 e. The Kier molecular flexibility index (Phi) is 3.83. The van der Waals surface area contributed by atoms with Crippen LogP contribution in [0.25, 0.3) is 10.1 Å². The van der Waals surface area contributed by atoms with Crippen molar-refractivity contribution in [2.45, 2.75) is 10.9 Å². The van der Waals surface area contributed by atoms with Gasteiger partial charge in [0.25, 0.3) is 5.91 Å². The molecule has 1 atom stereocenters. The number of carbonyl (C=O) groups is 2. The number of anilines is 1. The predicted octanol–water partition coefficient (Wildman–Crippen LogP) is 1.52. The van der Waals surface area contributed by atoms with E-state index in [0.717, 1.165) is 15.6 Å². The maximum Gasteiger partial charge on any atom is 0.253 e. The van der Waals surface area contributed by atoms with Gasteiger partial charge in [0.2, 0.25) is 21.8 Å². The summed E-state index contributed by atoms with van der Waals surface area (Å²) >= 11 is 1.07. The number of hydrogen-bond donors (Lipinski definition) is 1. The monoisotopic (exact) mass is 388 g/mol. The number of carbonyl (C=O) groups excluding carboxylic acids is 2. The Morgan fingerprint density at radius 2 is 1.88 bits per heavy atom. The molecule has 0 fully saturated rings. The zero-order valence-corrected chi connectivity index (χ0v) is 15.0. The molecule has 132 valence electrons. The number of sulfonamides is 1. The Bertz CT molecular complexity index is 1140. The number of amides is 1. The highest BCUT2D eigenvalue weighted by Crippen LogP contribution is 2.40. The molecule has 1 aliphatic rings. The van der Waals surface area contributed by atoms with Gasteiger partial charge in [-0.1, -0.05) is 18.2 Å². The molecule has 0 spiro atoms. The molecule has 1 unspecified atom stereocenters. The average molecular weight is 388 g/mol. The van der Waals surface area contributed by atoms with E-state index in [-0.39, 0.29) is 15.7 Å². The van der Waals surface area contributed by atoms with Crippen molar-refractivity contribution in [3.05, 3.63) is 47.6 Å². The van der Waals surface area contributed by atoms with Crippen LogP contribution in [0.3, 0.4) is 0 Å². The average Bonchev–Trinajstić information content (AvgIpc) is 3.02. The number of hydrogen-bond acceptors (Lipinski definition) is 7. The van der Waals surface area contributed by atoms with Gasteiger partial charge in [0.15, 0.2) is 6.04 Å². The molecule has 0 aliphatic carbocycles. The van der Waals surface area contributed by atoms with Gasteiger partial charge in [0.1, 0.15) is 4.90 Å². The molecule has 2 aromatic heterocycles. The Hall–Kier alpha value is -2.69. The van der Waals surface area contributed by atoms with Crippen LogP contribution in [0.15, 0.2) is 47.6 Å². The van der Waals surface area contributed by atoms with Crippen molar-refractivity contribution in [1.29, 1.82) is 0 Å². The summed E-state index contributed by atoms with van der Waals surface area (Å²) in [6.07, 6.45) is 2.85. The molecule has 0 radical (unpaired) electrons. The van der Waals surface area contributed by atoms with Crippen LogP contribution in [0.4, 0.5) is 5.95 Å². The number of likely N-dealkylation sites (N-methyl/N-ethyl adjacent to an activating group) is 1. The fourth-order valence-electron chi connectivity index (χ4n) is 2.84. The minimum Gasteiger partial charge on any atom is -0.293 e. The van der Waals surface area contributed by atoms with Crippen LogP contribution in [0.2, 0.25) is 0 Å². The summed E-state index contributed by atoms with van der Waals surface area (Å²) < 4.78 is 27.4. The normalized spacial score (nSPS) is 19.3. The van der Waals surface area contributed by atoms with Crippen LogP contribution in [-0.2, 0) is 14.8 Å². The van der Waals surface area contributed by atoms with E-state index in [0.29, 0.717) is 10.1 Å². The second kappa shape index (κ2) is 5.94. The van der Waals surface area contributed by atoms with Crippen molar-refractivity contribution in [3.8, 4) is 0 Å². The molecular weight excluding hydrogens is 376 g/mol. The summed E-state index contributed by atoms with van der Waals surface area (Å²) in [5.74, 6) is -1.36. The first-order valence-electron chi connectivity index (χ1n) is 7.53. The minimum absolute atomic E-state index is 0.00163. The highest BCUT2D eigenvalue weighted by Gasteiger charge is 2.47. The number of nitrogens with one attached hydrogen (secondary N) is 1. The van der Waals surface area contributed by atoms with E-state index in [1.165, 1.54) is 19.4 Å². The lowest BCUT2D eigenvalue weighted by atomic mass is 10.1. The van der Waals surface area contributed by atoms with Crippen molar-refractivity contribution in [2.24, 2.45) is 0 Å². The van der Waals surface area contributed by atoms with Gasteiger partial charge in [-0.3, -0.25) is 14.9 Å². The van der Waals surface area contributed by atoms with Crippen molar-refractivity contribution < 1.29 is 18.0 Å². The predicted molar refractivity (Wildman–Crippen MR) is 95.6 cm³/mol. The molecule has 0 saturated heterocycles. The summed E-state index contributed by atoms with van der Waals surface area (Å²) in [5.41, 5.74) is 0. The molecule has 1 N–H and O–H groups in total. The number of rotatable bonds is 2. The summed E-state index contributed by atoms with van der Waals surface area (Å²) in [7, 11) is -2.78. The fraction of sp³-hybridized carbons (Fsp3) is 0.125. The van der Waals surface area contributed by atoms with Crippen LogP contribution in [-0.4, -0.2) is 47.5 Å². The van der Waals surface area contributed by atoms with E-state index in [9.17, 15) is 18.0 Å². The summed E-state index contributed by atoms with van der Waals surface area (Å²) in [6.45, 7) is 0. The Morgan fingerprint density at radius 1 is 1.19 bits per heavy atom. The quantitative estimate of drug-likeness (QED) is 0.667. The van der Waals surface area contributed by atoms with Crippen LogP contribution in [0.5, 0.6) is 0 Å². The molecular formula is C16H12N4O4S2. The maximum atomic E-state index is 13.0. The number of benzene rings is 1. The van der Waals surface area contributed by atoms with E-state index in [2.05, 4.69) is 15.3 Å². The number of thiophene rings is 1. The topological polar surface area (TPSA) is 109 Å². The summed E-state index contributed by atoms with van der Waals surface area (Å²) in [5, 5.41) is 2.88. The van der Waals surface area contributed by atoms with Crippen LogP contribution in [0.1, 0.15) is 9.67 Å². The fourth-order valence-corrected chi connectivity index (χ4v) is 5.95. The second-order valence-electron chi connectivity index (χ2n) is 5.61. The van der Waals surface area contributed by atoms with Gasteiger partial charge >= 0.3 is 0 Å². The van der Waals surface area contributed by atoms with Crippen molar-refractivity contribution >= 4 is 49.1 Å². The molecule has 26 heavy (non-hydrogen) atoms. The highest BCUT2D eigenvalue weighted by atomic mass is 32.2. The van der Waals surface area contributed by atoms with E-state index in [1.54, 1.807) is 30.3 Å². The maximum absolute atomic E-state index is 13.0. The van der Waals surface area contributed by atoms with E-state index in [4.69, 9.17) is 0 Å². The van der Waals surface area contributed by atoms with Gasteiger partial charge in [0, 0.05) is 29.5 Å². The van der Waals surface area contributed by atoms with Crippen LogP contribution < -0.4 is 5.32 Å². The highest BCUT2D eigenvalue weighted by molar-refractivity contribution is 7.89. The van der Waals surface area contributed by atoms with E-state index >= 15 is 0 Å². The second-order valence-corrected chi connectivity index (χ2v) is 8.59. The third-order valence-corrected chi connectivity index (χ3v) is 7.30. The molecule has 1 aromatic carbocycles. The van der Waals surface area contributed by atoms with E-state index < -0.39 is 27.8 Å². The molecule has 3 aromatic rings. The first-order valence-corrected chi connectivity index (χ1v) is 9.78. The van der Waals surface area contributed by atoms with Crippen molar-refractivity contribution in [2.75, 3.05) is 12.4 Å². The molecule has 10 heteroatoms. The SMILES string of the molecule is CN1C(C(=O)Nc2ncccn2)C(=O)c2sc3ccccc3c2S1(=O)=O. The first-order chi connectivity index (χ1) is 12.4. The number of Topliss-reactive ketones (excluding diaryl/α,β-unsaturated/α-hetero) is 1. The zero-order valence-electron chi connectivity index (χ0n) is 13.4. The van der Waals surface area contributed by atoms with Gasteiger partial charge in [-0.05, 0) is 12.1 Å². The van der Waals surface area contributed by atoms with Gasteiger partial charge in [-0.15, -0.1) is 11.3 Å². The number of fused-ring (bicyclic) bond motifs is 3. The molecule has 0 bridgehead atoms. The molecule has 3 heterocycles. The summed E-state index contributed by atoms with van der Waals surface area (Å²) in [4.78, 5) is 33.3. The largest absolute Gasteiger partial charge is 0.293 e. The lowest BCUT2D eigenvalue weighted by Gasteiger charge is -2.29. The third kappa shape index (κ3) is 2.42. The van der Waals surface area contributed by atoms with Crippen molar-refractivity contribution in [1.82, 2.24) is 14.3 Å². The Labute approximate surface area is 152 Å². The molecule has 1 amide bonds. The third-order valence-electron chi connectivity index (χ3n) is 4.07. The Morgan fingerprint density at radius 3 is 2.62 bits per heavy atom. The minimum atomic E-state index is -4.00. The molecule has 0 saturated carbocycles. The van der Waals surface area contributed by atoms with Gasteiger partial charge in [0.05, 0.1) is 4.88 Å². The molecule has 1 aliphatic heterocycles. The lowest BCUT2D eigenvalue weighted by Crippen LogP contribution is -2.53. The molecule has 8 nitrogen and oxygen atoms in total. The lowest BCUT2D eigenvalue weighted by molar-refractivity contribution is -0.118. The number of nitrogens with zero attached hydrogens (tertiary/aromatic N) is 3. The van der Waals surface area contributed by atoms with E-state index in [1.807, 2.05) is 0 Å². The number of aromatic nitrogens is 2. The van der Waals surface area contributed by atoms with Gasteiger partial charge in [-0.2, -0.15) is 4.31 Å². The first kappa shape index (κ1) is 16.8. The zero-order chi connectivity index (χ0) is 18.5. The van der Waals surface area contributed by atoms with Crippen LogP contribution in [0, 0.1) is 0 Å². The van der Waals surface area contributed by atoms with Gasteiger partial charge in [-0.25, -0.2) is 18.4 Å². The van der Waals surface area contributed by atoms with Crippen LogP contribution >= 0.6 is 11.3 Å². The molecule has 4 rings (SSSR count). The Balaban J connectivity index is 1.82. The van der Waals surface area contributed by atoms with Crippen molar-refractivity contribution in [3.63, 3.8) is 0 Å². The summed E-state index contributed by atoms with van der Waals surface area (Å²) in [6, 6.07) is 6.93. The number of ketones is 1. The standard InChI is InChI=1S/C16H12N4O4S2/c1-20-11(15(22)19-16-17-7-4-8-18-16)12(21)13-14(26(20,23)24)9-5-2-3-6-10(9)25-13/h2-8,11H,1H3,(H,17,18,19,22).